The summed E-state index contributed by atoms with van der Waals surface area (Å²) in [4.78, 5) is 3.01. The summed E-state index contributed by atoms with van der Waals surface area (Å²) in [5.41, 5.74) is 2.31. The smallest absolute Gasteiger partial charge is 0.0548 e. The van der Waals surface area contributed by atoms with E-state index in [1.54, 1.807) is 0 Å². The molecule has 66 valence electrons. The van der Waals surface area contributed by atoms with Gasteiger partial charge in [0.15, 0.2) is 0 Å². The molecule has 0 bridgehead atoms. The predicted molar refractivity (Wildman–Crippen MR) is 58.9 cm³/mol. The van der Waals surface area contributed by atoms with Crippen LogP contribution in [-0.4, -0.2) is 4.98 Å². The van der Waals surface area contributed by atoms with E-state index in [0.717, 1.165) is 20.6 Å². The van der Waals surface area contributed by atoms with Crippen molar-refractivity contribution in [1.29, 1.82) is 0 Å². The second-order valence-corrected chi connectivity index (χ2v) is 3.99. The number of H-pyrrole nitrogens is 1. The van der Waals surface area contributed by atoms with Crippen LogP contribution in [0.3, 0.4) is 0 Å². The van der Waals surface area contributed by atoms with E-state index in [1.807, 2.05) is 36.7 Å². The highest BCUT2D eigenvalue weighted by Crippen LogP contribution is 2.28. The summed E-state index contributed by atoms with van der Waals surface area (Å²) in [6.45, 7) is 0. The summed E-state index contributed by atoms with van der Waals surface area (Å²) >= 11 is 9.28. The van der Waals surface area contributed by atoms with Gasteiger partial charge in [-0.25, -0.2) is 0 Å². The average molecular weight is 257 g/mol. The molecule has 0 spiro atoms. The van der Waals surface area contributed by atoms with Gasteiger partial charge < -0.3 is 4.98 Å². The molecule has 2 aromatic rings. The maximum atomic E-state index is 5.89. The van der Waals surface area contributed by atoms with Gasteiger partial charge in [0.2, 0.25) is 0 Å². The van der Waals surface area contributed by atoms with Crippen LogP contribution >= 0.6 is 27.5 Å². The second-order valence-electron chi connectivity index (χ2n) is 2.73. The first-order chi connectivity index (χ1) is 6.27. The van der Waals surface area contributed by atoms with Gasteiger partial charge in [0, 0.05) is 16.9 Å². The summed E-state index contributed by atoms with van der Waals surface area (Å²) in [6, 6.07) is 7.91. The highest BCUT2D eigenvalue weighted by atomic mass is 79.9. The van der Waals surface area contributed by atoms with E-state index in [0.29, 0.717) is 0 Å². The SMILES string of the molecule is Clc1ccc(-c2cc[nH]c2)cc1Br. The first-order valence-corrected chi connectivity index (χ1v) is 5.02. The molecular formula is C10H7BrClN. The minimum absolute atomic E-state index is 0.735. The fourth-order valence-corrected chi connectivity index (χ4v) is 1.68. The molecular weight excluding hydrogens is 249 g/mol. The Labute approximate surface area is 89.9 Å². The quantitative estimate of drug-likeness (QED) is 0.791. The first-order valence-electron chi connectivity index (χ1n) is 3.85. The van der Waals surface area contributed by atoms with Crippen molar-refractivity contribution in [3.63, 3.8) is 0 Å². The van der Waals surface area contributed by atoms with Crippen LogP contribution in [0.1, 0.15) is 0 Å². The first kappa shape index (κ1) is 8.85. The summed E-state index contributed by atoms with van der Waals surface area (Å²) < 4.78 is 0.924. The molecule has 3 heteroatoms. The number of nitrogens with one attached hydrogen (secondary N) is 1. The number of rotatable bonds is 1. The third kappa shape index (κ3) is 1.79. The van der Waals surface area contributed by atoms with Crippen molar-refractivity contribution in [2.45, 2.75) is 0 Å². The van der Waals surface area contributed by atoms with Gasteiger partial charge in [-0.2, -0.15) is 0 Å². The number of hydrogen-bond donors (Lipinski definition) is 1. The molecule has 0 aliphatic carbocycles. The summed E-state index contributed by atoms with van der Waals surface area (Å²) in [7, 11) is 0. The summed E-state index contributed by atoms with van der Waals surface area (Å²) in [6.07, 6.45) is 3.85. The molecule has 0 amide bonds. The molecule has 0 aliphatic rings. The Kier molecular flexibility index (Phi) is 2.42. The van der Waals surface area contributed by atoms with E-state index in [4.69, 9.17) is 11.6 Å². The van der Waals surface area contributed by atoms with E-state index in [9.17, 15) is 0 Å². The Bertz CT molecular complexity index is 409. The molecule has 13 heavy (non-hydrogen) atoms. The third-order valence-corrected chi connectivity index (χ3v) is 3.06. The number of benzene rings is 1. The number of halogens is 2. The molecule has 0 fully saturated rings. The summed E-state index contributed by atoms with van der Waals surface area (Å²) in [5.74, 6) is 0. The van der Waals surface area contributed by atoms with Crippen LogP contribution in [0, 0.1) is 0 Å². The predicted octanol–water partition coefficient (Wildman–Crippen LogP) is 4.10. The molecule has 1 nitrogen and oxygen atoms in total. The fraction of sp³-hybridized carbons (Fsp3) is 0. The van der Waals surface area contributed by atoms with E-state index in [-0.39, 0.29) is 0 Å². The molecule has 1 heterocycles. The van der Waals surface area contributed by atoms with Gasteiger partial charge >= 0.3 is 0 Å². The Morgan fingerprint density at radius 1 is 1.15 bits per heavy atom. The van der Waals surface area contributed by atoms with Crippen molar-refractivity contribution in [2.24, 2.45) is 0 Å². The van der Waals surface area contributed by atoms with Gasteiger partial charge in [0.05, 0.1) is 5.02 Å². The van der Waals surface area contributed by atoms with Crippen LogP contribution in [0.2, 0.25) is 5.02 Å². The summed E-state index contributed by atoms with van der Waals surface area (Å²) in [5, 5.41) is 0.735. The molecule has 0 unspecified atom stereocenters. The molecule has 0 atom stereocenters. The van der Waals surface area contributed by atoms with Crippen LogP contribution in [0.15, 0.2) is 41.1 Å². The maximum Gasteiger partial charge on any atom is 0.0548 e. The van der Waals surface area contributed by atoms with Gasteiger partial charge in [-0.05, 0) is 45.3 Å². The van der Waals surface area contributed by atoms with Crippen molar-refractivity contribution >= 4 is 27.5 Å². The molecule has 0 saturated heterocycles. The Hall–Kier alpha value is -0.730. The molecule has 2 rings (SSSR count). The van der Waals surface area contributed by atoms with Crippen LogP contribution in [0.5, 0.6) is 0 Å². The van der Waals surface area contributed by atoms with Crippen molar-refractivity contribution < 1.29 is 0 Å². The van der Waals surface area contributed by atoms with Gasteiger partial charge in [-0.15, -0.1) is 0 Å². The topological polar surface area (TPSA) is 15.8 Å². The van der Waals surface area contributed by atoms with E-state index in [1.165, 1.54) is 0 Å². The largest absolute Gasteiger partial charge is 0.367 e. The van der Waals surface area contributed by atoms with E-state index in [2.05, 4.69) is 20.9 Å². The van der Waals surface area contributed by atoms with Crippen LogP contribution in [-0.2, 0) is 0 Å². The average Bonchev–Trinajstić information content (AvgIpc) is 2.62. The number of aromatic nitrogens is 1. The minimum Gasteiger partial charge on any atom is -0.367 e. The zero-order chi connectivity index (χ0) is 9.26. The molecule has 0 saturated carbocycles. The lowest BCUT2D eigenvalue weighted by Crippen LogP contribution is -1.74. The molecule has 1 N–H and O–H groups in total. The van der Waals surface area contributed by atoms with Crippen molar-refractivity contribution in [3.05, 3.63) is 46.2 Å². The maximum absolute atomic E-state index is 5.89. The van der Waals surface area contributed by atoms with Gasteiger partial charge in [-0.1, -0.05) is 17.7 Å². The minimum atomic E-state index is 0.735. The van der Waals surface area contributed by atoms with Gasteiger partial charge in [0.1, 0.15) is 0 Å². The lowest BCUT2D eigenvalue weighted by atomic mass is 10.1. The van der Waals surface area contributed by atoms with Gasteiger partial charge in [0.25, 0.3) is 0 Å². The monoisotopic (exact) mass is 255 g/mol. The van der Waals surface area contributed by atoms with Crippen molar-refractivity contribution in [3.8, 4) is 11.1 Å². The second kappa shape index (κ2) is 3.56. The van der Waals surface area contributed by atoms with E-state index >= 15 is 0 Å². The third-order valence-electron chi connectivity index (χ3n) is 1.85. The normalized spacial score (nSPS) is 10.3. The number of hydrogen-bond acceptors (Lipinski definition) is 0. The lowest BCUT2D eigenvalue weighted by molar-refractivity contribution is 1.41. The Morgan fingerprint density at radius 2 is 2.00 bits per heavy atom. The molecule has 0 aliphatic heterocycles. The number of aromatic amines is 1. The fourth-order valence-electron chi connectivity index (χ4n) is 1.18. The Morgan fingerprint density at radius 3 is 2.62 bits per heavy atom. The van der Waals surface area contributed by atoms with Crippen molar-refractivity contribution in [2.75, 3.05) is 0 Å². The van der Waals surface area contributed by atoms with Crippen LogP contribution < -0.4 is 0 Å². The van der Waals surface area contributed by atoms with Crippen molar-refractivity contribution in [1.82, 2.24) is 4.98 Å². The molecule has 1 aromatic heterocycles. The highest BCUT2D eigenvalue weighted by Gasteiger charge is 2.00. The zero-order valence-electron chi connectivity index (χ0n) is 6.72. The standard InChI is InChI=1S/C10H7BrClN/c11-9-5-7(1-2-10(9)12)8-3-4-13-6-8/h1-6,13H. The van der Waals surface area contributed by atoms with Gasteiger partial charge in [-0.3, -0.25) is 0 Å². The molecule has 1 aromatic carbocycles. The Balaban J connectivity index is 2.49. The van der Waals surface area contributed by atoms with E-state index < -0.39 is 0 Å². The lowest BCUT2D eigenvalue weighted by Gasteiger charge is -1.99. The van der Waals surface area contributed by atoms with Crippen LogP contribution in [0.4, 0.5) is 0 Å². The zero-order valence-corrected chi connectivity index (χ0v) is 9.06. The highest BCUT2D eigenvalue weighted by molar-refractivity contribution is 9.10. The van der Waals surface area contributed by atoms with Crippen LogP contribution in [0.25, 0.3) is 11.1 Å². The molecule has 0 radical (unpaired) electrons.